The van der Waals surface area contributed by atoms with Gasteiger partial charge in [-0.1, -0.05) is 42.5 Å². The number of pyridine rings is 1. The fraction of sp³-hybridized carbons (Fsp3) is 0.310. The van der Waals surface area contributed by atoms with Crippen molar-refractivity contribution in [2.24, 2.45) is 11.7 Å². The number of hydrogen-bond donors (Lipinski definition) is 2. The van der Waals surface area contributed by atoms with Crippen LogP contribution in [0, 0.1) is 12.8 Å². The molecule has 4 aromatic rings. The van der Waals surface area contributed by atoms with Crippen LogP contribution < -0.4 is 10.5 Å². The van der Waals surface area contributed by atoms with Gasteiger partial charge in [0.05, 0.1) is 11.3 Å². The first kappa shape index (κ1) is 24.0. The van der Waals surface area contributed by atoms with E-state index in [1.54, 1.807) is 6.20 Å². The number of benzene rings is 2. The van der Waals surface area contributed by atoms with Crippen molar-refractivity contribution >= 4 is 16.9 Å². The summed E-state index contributed by atoms with van der Waals surface area (Å²) in [4.78, 5) is 25.2. The molecule has 0 radical (unpaired) electrons. The van der Waals surface area contributed by atoms with E-state index in [0.717, 1.165) is 66.5 Å². The number of H-pyrrole nitrogens is 1. The number of ether oxygens (including phenoxy) is 1. The molecule has 0 aliphatic carbocycles. The van der Waals surface area contributed by atoms with Gasteiger partial charge in [-0.3, -0.25) is 9.69 Å². The number of aryl methyl sites for hydroxylation is 1. The first-order valence-electron chi connectivity index (χ1n) is 12.6. The van der Waals surface area contributed by atoms with Crippen LogP contribution in [0.1, 0.15) is 16.8 Å². The maximum absolute atomic E-state index is 13.2. The molecule has 36 heavy (non-hydrogen) atoms. The molecule has 2 aromatic heterocycles. The number of fused-ring (bicyclic) bond motifs is 1. The van der Waals surface area contributed by atoms with Crippen molar-refractivity contribution in [3.05, 3.63) is 89.7 Å². The fourth-order valence-electron chi connectivity index (χ4n) is 4.83. The maximum Gasteiger partial charge on any atom is 0.227 e. The van der Waals surface area contributed by atoms with E-state index >= 15 is 0 Å². The molecule has 7 heteroatoms. The summed E-state index contributed by atoms with van der Waals surface area (Å²) in [7, 11) is 0. The van der Waals surface area contributed by atoms with Gasteiger partial charge >= 0.3 is 0 Å². The Morgan fingerprint density at radius 3 is 2.50 bits per heavy atom. The Balaban J connectivity index is 1.16. The summed E-state index contributed by atoms with van der Waals surface area (Å²) in [5, 5.41) is 0.955. The molecule has 3 heterocycles. The molecule has 1 atom stereocenters. The zero-order valence-electron chi connectivity index (χ0n) is 20.7. The number of hydrogen-bond acceptors (Lipinski definition) is 5. The van der Waals surface area contributed by atoms with Crippen LogP contribution >= 0.6 is 0 Å². The van der Waals surface area contributed by atoms with Gasteiger partial charge in [-0.05, 0) is 48.7 Å². The summed E-state index contributed by atoms with van der Waals surface area (Å²) in [6, 6.07) is 22.3. The van der Waals surface area contributed by atoms with Gasteiger partial charge < -0.3 is 20.4 Å². The zero-order chi connectivity index (χ0) is 24.9. The first-order valence-corrected chi connectivity index (χ1v) is 12.6. The summed E-state index contributed by atoms with van der Waals surface area (Å²) in [6.07, 6.45) is 2.36. The molecular weight excluding hydrogens is 450 g/mol. The van der Waals surface area contributed by atoms with Crippen molar-refractivity contribution in [2.75, 3.05) is 32.7 Å². The first-order chi connectivity index (χ1) is 17.6. The van der Waals surface area contributed by atoms with Crippen molar-refractivity contribution in [2.45, 2.75) is 19.9 Å². The van der Waals surface area contributed by atoms with E-state index in [1.165, 1.54) is 5.56 Å². The van der Waals surface area contributed by atoms with Gasteiger partial charge in [-0.25, -0.2) is 4.98 Å². The van der Waals surface area contributed by atoms with Crippen LogP contribution in [0.15, 0.2) is 72.9 Å². The Morgan fingerprint density at radius 1 is 1.03 bits per heavy atom. The molecule has 0 spiro atoms. The molecule has 186 valence electrons. The van der Waals surface area contributed by atoms with E-state index < -0.39 is 0 Å². The number of piperazine rings is 1. The second-order valence-electron chi connectivity index (χ2n) is 9.49. The van der Waals surface area contributed by atoms with Crippen LogP contribution in [0.2, 0.25) is 0 Å². The highest BCUT2D eigenvalue weighted by molar-refractivity contribution is 5.83. The smallest absolute Gasteiger partial charge is 0.227 e. The van der Waals surface area contributed by atoms with Gasteiger partial charge in [0.2, 0.25) is 5.91 Å². The van der Waals surface area contributed by atoms with Crippen molar-refractivity contribution in [1.29, 1.82) is 0 Å². The number of rotatable bonds is 8. The van der Waals surface area contributed by atoms with E-state index in [1.807, 2.05) is 54.3 Å². The number of nitrogens with two attached hydrogens (primary N) is 1. The lowest BCUT2D eigenvalue weighted by atomic mass is 9.97. The largest absolute Gasteiger partial charge is 0.457 e. The normalized spacial score (nSPS) is 15.2. The standard InChI is InChI=1S/C29H33N5O2/c1-21-17-26-27(11-12-31-28(26)32-21)36-25-9-7-22(8-10-25)18-24(19-30)29(35)34-15-13-33(14-16-34)20-23-5-3-2-4-6-23/h2-12,17,24H,13-16,18-20,30H2,1H3,(H,31,32). The second kappa shape index (κ2) is 10.9. The van der Waals surface area contributed by atoms with Gasteiger partial charge in [0, 0.05) is 51.2 Å². The van der Waals surface area contributed by atoms with Gasteiger partial charge in [-0.15, -0.1) is 0 Å². The zero-order valence-corrected chi connectivity index (χ0v) is 20.7. The molecule has 1 aliphatic heterocycles. The lowest BCUT2D eigenvalue weighted by molar-refractivity contribution is -0.137. The predicted molar refractivity (Wildman–Crippen MR) is 142 cm³/mol. The third-order valence-corrected chi connectivity index (χ3v) is 6.83. The molecule has 1 saturated heterocycles. The van der Waals surface area contributed by atoms with Crippen LogP contribution in [0.3, 0.4) is 0 Å². The van der Waals surface area contributed by atoms with Crippen molar-refractivity contribution in [3.8, 4) is 11.5 Å². The minimum atomic E-state index is -0.222. The summed E-state index contributed by atoms with van der Waals surface area (Å²) < 4.78 is 6.12. The average molecular weight is 484 g/mol. The molecule has 0 saturated carbocycles. The highest BCUT2D eigenvalue weighted by atomic mass is 16.5. The minimum Gasteiger partial charge on any atom is -0.457 e. The van der Waals surface area contributed by atoms with Crippen LogP contribution in [0.5, 0.6) is 11.5 Å². The van der Waals surface area contributed by atoms with Crippen LogP contribution in [0.4, 0.5) is 0 Å². The molecule has 1 fully saturated rings. The lowest BCUT2D eigenvalue weighted by Gasteiger charge is -2.36. The van der Waals surface area contributed by atoms with Crippen molar-refractivity contribution in [1.82, 2.24) is 19.8 Å². The Morgan fingerprint density at radius 2 is 1.78 bits per heavy atom. The van der Waals surface area contributed by atoms with E-state index in [4.69, 9.17) is 10.5 Å². The average Bonchev–Trinajstić information content (AvgIpc) is 3.30. The monoisotopic (exact) mass is 483 g/mol. The molecular formula is C29H33N5O2. The van der Waals surface area contributed by atoms with Gasteiger partial charge in [0.25, 0.3) is 0 Å². The number of nitrogens with zero attached hydrogens (tertiary/aromatic N) is 3. The van der Waals surface area contributed by atoms with Crippen LogP contribution in [-0.2, 0) is 17.8 Å². The second-order valence-corrected chi connectivity index (χ2v) is 9.49. The molecule has 3 N–H and O–H groups in total. The Hall–Kier alpha value is -3.68. The van der Waals surface area contributed by atoms with E-state index in [2.05, 4.69) is 39.1 Å². The number of aromatic nitrogens is 2. The van der Waals surface area contributed by atoms with E-state index in [9.17, 15) is 4.79 Å². The van der Waals surface area contributed by atoms with Crippen molar-refractivity contribution in [3.63, 3.8) is 0 Å². The summed E-state index contributed by atoms with van der Waals surface area (Å²) in [6.45, 7) is 6.51. The van der Waals surface area contributed by atoms with E-state index in [0.29, 0.717) is 13.0 Å². The molecule has 1 amide bonds. The maximum atomic E-state index is 13.2. The SMILES string of the molecule is Cc1cc2c(Oc3ccc(CC(CN)C(=O)N4CCN(Cc5ccccc5)CC4)cc3)ccnc2[nH]1. The van der Waals surface area contributed by atoms with Gasteiger partial charge in [0.1, 0.15) is 17.1 Å². The van der Waals surface area contributed by atoms with Crippen molar-refractivity contribution < 1.29 is 9.53 Å². The Bertz CT molecular complexity index is 1290. The summed E-state index contributed by atoms with van der Waals surface area (Å²) in [5.41, 5.74) is 10.3. The summed E-state index contributed by atoms with van der Waals surface area (Å²) in [5.74, 6) is 1.44. The Labute approximate surface area is 211 Å². The van der Waals surface area contributed by atoms with Crippen LogP contribution in [0.25, 0.3) is 11.0 Å². The number of nitrogens with one attached hydrogen (secondary N) is 1. The predicted octanol–water partition coefficient (Wildman–Crippen LogP) is 4.13. The molecule has 0 bridgehead atoms. The molecule has 5 rings (SSSR count). The highest BCUT2D eigenvalue weighted by Gasteiger charge is 2.27. The fourth-order valence-corrected chi connectivity index (χ4v) is 4.83. The number of amides is 1. The third-order valence-electron chi connectivity index (χ3n) is 6.83. The molecule has 2 aromatic carbocycles. The molecule has 7 nitrogen and oxygen atoms in total. The quantitative estimate of drug-likeness (QED) is 0.394. The van der Waals surface area contributed by atoms with Gasteiger partial charge in [-0.2, -0.15) is 0 Å². The minimum absolute atomic E-state index is 0.152. The number of carbonyl (C=O) groups excluding carboxylic acids is 1. The highest BCUT2D eigenvalue weighted by Crippen LogP contribution is 2.29. The third kappa shape index (κ3) is 5.58. The number of carbonyl (C=O) groups is 1. The Kier molecular flexibility index (Phi) is 7.30. The lowest BCUT2D eigenvalue weighted by Crippen LogP contribution is -2.51. The van der Waals surface area contributed by atoms with E-state index in [-0.39, 0.29) is 11.8 Å². The van der Waals surface area contributed by atoms with Gasteiger partial charge in [0.15, 0.2) is 0 Å². The number of aromatic amines is 1. The topological polar surface area (TPSA) is 87.5 Å². The molecule has 1 unspecified atom stereocenters. The molecule has 1 aliphatic rings. The van der Waals surface area contributed by atoms with Crippen LogP contribution in [-0.4, -0.2) is 58.4 Å². The summed E-state index contributed by atoms with van der Waals surface area (Å²) >= 11 is 0.